The zero-order valence-corrected chi connectivity index (χ0v) is 18.0. The molecule has 0 unspecified atom stereocenters. The van der Waals surface area contributed by atoms with Gasteiger partial charge in [0.05, 0.1) is 27.4 Å². The van der Waals surface area contributed by atoms with E-state index in [1.54, 1.807) is 31.4 Å². The maximum absolute atomic E-state index is 13.1. The summed E-state index contributed by atoms with van der Waals surface area (Å²) >= 11 is 0. The highest BCUT2D eigenvalue weighted by Crippen LogP contribution is 2.44. The molecule has 164 valence electrons. The van der Waals surface area contributed by atoms with Gasteiger partial charge in [-0.1, -0.05) is 49.0 Å². The highest BCUT2D eigenvalue weighted by molar-refractivity contribution is 6.05. The first-order chi connectivity index (χ1) is 14.8. The lowest BCUT2D eigenvalue weighted by Gasteiger charge is -2.41. The van der Waals surface area contributed by atoms with Gasteiger partial charge in [-0.2, -0.15) is 0 Å². The summed E-state index contributed by atoms with van der Waals surface area (Å²) in [5.74, 6) is -0.640. The van der Waals surface area contributed by atoms with E-state index in [0.29, 0.717) is 5.75 Å². The quantitative estimate of drug-likeness (QED) is 0.517. The third-order valence-corrected chi connectivity index (χ3v) is 5.80. The second-order valence-corrected chi connectivity index (χ2v) is 7.62. The van der Waals surface area contributed by atoms with E-state index in [9.17, 15) is 14.7 Å². The monoisotopic (exact) mass is 425 g/mol. The first kappa shape index (κ1) is 22.5. The van der Waals surface area contributed by atoms with Crippen LogP contribution in [0, 0.1) is 0 Å². The van der Waals surface area contributed by atoms with E-state index in [2.05, 4.69) is 6.58 Å². The maximum Gasteiger partial charge on any atom is 0.337 e. The van der Waals surface area contributed by atoms with Crippen molar-refractivity contribution in [3.8, 4) is 5.75 Å². The highest BCUT2D eigenvalue weighted by Gasteiger charge is 2.67. The second kappa shape index (κ2) is 8.91. The van der Waals surface area contributed by atoms with Crippen LogP contribution in [0.2, 0.25) is 0 Å². The average Bonchev–Trinajstić information content (AvgIpc) is 2.93. The molecule has 0 spiro atoms. The summed E-state index contributed by atoms with van der Waals surface area (Å²) in [5, 5.41) is 11.3. The summed E-state index contributed by atoms with van der Waals surface area (Å²) in [6.07, 6.45) is 0. The van der Waals surface area contributed by atoms with Crippen LogP contribution in [0.3, 0.4) is 0 Å². The molecule has 2 atom stereocenters. The van der Waals surface area contributed by atoms with Crippen LogP contribution in [-0.2, 0) is 32.2 Å². The van der Waals surface area contributed by atoms with Gasteiger partial charge in [0, 0.05) is 12.1 Å². The number of rotatable bonds is 8. The number of likely N-dealkylation sites (tertiary alicyclic amines) is 1. The largest absolute Gasteiger partial charge is 0.497 e. The van der Waals surface area contributed by atoms with Crippen molar-refractivity contribution in [2.45, 2.75) is 31.2 Å². The molecular weight excluding hydrogens is 398 g/mol. The van der Waals surface area contributed by atoms with Crippen molar-refractivity contribution in [1.82, 2.24) is 4.90 Å². The minimum absolute atomic E-state index is 0.0573. The Kier molecular flexibility index (Phi) is 6.48. The number of methoxy groups -OCH3 is 2. The Morgan fingerprint density at radius 1 is 1.06 bits per heavy atom. The summed E-state index contributed by atoms with van der Waals surface area (Å²) < 4.78 is 16.1. The Morgan fingerprint density at radius 2 is 1.71 bits per heavy atom. The molecule has 2 aromatic carbocycles. The number of benzene rings is 2. The van der Waals surface area contributed by atoms with Gasteiger partial charge in [-0.3, -0.25) is 4.79 Å². The fraction of sp³-hybridized carbons (Fsp3) is 0.333. The van der Waals surface area contributed by atoms with Crippen LogP contribution in [0.15, 0.2) is 66.7 Å². The van der Waals surface area contributed by atoms with Gasteiger partial charge < -0.3 is 24.2 Å². The minimum Gasteiger partial charge on any atom is -0.497 e. The third-order valence-electron chi connectivity index (χ3n) is 5.80. The van der Waals surface area contributed by atoms with E-state index < -0.39 is 23.0 Å². The molecule has 7 heteroatoms. The molecule has 2 aromatic rings. The minimum atomic E-state index is -1.89. The summed E-state index contributed by atoms with van der Waals surface area (Å²) in [6, 6.07) is 16.5. The molecule has 1 saturated heterocycles. The Bertz CT molecular complexity index is 954. The molecule has 31 heavy (non-hydrogen) atoms. The number of ether oxygens (including phenoxy) is 3. The maximum atomic E-state index is 13.1. The molecule has 1 amide bonds. The van der Waals surface area contributed by atoms with Gasteiger partial charge in [0.1, 0.15) is 11.4 Å². The number of nitrogens with zero attached hydrogens (tertiary/aromatic N) is 1. The summed E-state index contributed by atoms with van der Waals surface area (Å²) in [7, 11) is 2.78. The zero-order valence-electron chi connectivity index (χ0n) is 18.0. The third kappa shape index (κ3) is 3.94. The zero-order chi connectivity index (χ0) is 22.6. The van der Waals surface area contributed by atoms with Gasteiger partial charge >= 0.3 is 5.97 Å². The van der Waals surface area contributed by atoms with E-state index in [1.165, 1.54) is 18.9 Å². The lowest BCUT2D eigenvalue weighted by molar-refractivity contribution is -0.176. The van der Waals surface area contributed by atoms with Crippen LogP contribution < -0.4 is 4.74 Å². The number of carbonyl (C=O) groups excluding carboxylic acids is 2. The molecule has 3 rings (SSSR count). The molecule has 0 bridgehead atoms. The van der Waals surface area contributed by atoms with E-state index in [0.717, 1.165) is 11.1 Å². The van der Waals surface area contributed by atoms with Crippen LogP contribution in [0.25, 0.3) is 0 Å². The Labute approximate surface area is 181 Å². The van der Waals surface area contributed by atoms with Gasteiger partial charge in [-0.15, -0.1) is 0 Å². The molecular formula is C24H27NO6. The van der Waals surface area contributed by atoms with Gasteiger partial charge in [-0.25, -0.2) is 4.79 Å². The smallest absolute Gasteiger partial charge is 0.337 e. The number of esters is 1. The topological polar surface area (TPSA) is 85.3 Å². The Hall–Kier alpha value is -3.16. The lowest BCUT2D eigenvalue weighted by atomic mass is 9.80. The summed E-state index contributed by atoms with van der Waals surface area (Å²) in [6.45, 7) is 5.15. The number of amides is 1. The van der Waals surface area contributed by atoms with Crippen molar-refractivity contribution in [2.24, 2.45) is 0 Å². The highest BCUT2D eigenvalue weighted by atomic mass is 16.5. The molecule has 7 nitrogen and oxygen atoms in total. The molecule has 0 aliphatic carbocycles. The Balaban J connectivity index is 1.96. The molecule has 0 aromatic heterocycles. The van der Waals surface area contributed by atoms with Crippen LogP contribution in [0.4, 0.5) is 0 Å². The molecule has 1 N–H and O–H groups in total. The molecule has 1 fully saturated rings. The normalized spacial score (nSPS) is 23.2. The van der Waals surface area contributed by atoms with E-state index in [1.807, 2.05) is 30.3 Å². The standard InChI is InChI=1S/C24H27NO6/c1-17-21(26)25(14-18-10-12-20(29-3)13-11-18)24(22(27)30-4,23(17,2)28)16-31-15-19-8-6-5-7-9-19/h5-13,28H,1,14-16H2,2-4H3/t23-,24+/m1/s1. The first-order valence-electron chi connectivity index (χ1n) is 9.84. The number of aliphatic hydroxyl groups is 1. The van der Waals surface area contributed by atoms with Crippen LogP contribution in [-0.4, -0.2) is 53.8 Å². The van der Waals surface area contributed by atoms with Crippen molar-refractivity contribution in [2.75, 3.05) is 20.8 Å². The fourth-order valence-electron chi connectivity index (χ4n) is 3.82. The predicted molar refractivity (Wildman–Crippen MR) is 114 cm³/mol. The van der Waals surface area contributed by atoms with Gasteiger partial charge in [-0.05, 0) is 30.2 Å². The van der Waals surface area contributed by atoms with Crippen molar-refractivity contribution in [3.05, 3.63) is 77.9 Å². The van der Waals surface area contributed by atoms with Gasteiger partial charge in [0.2, 0.25) is 0 Å². The average molecular weight is 425 g/mol. The summed E-state index contributed by atoms with van der Waals surface area (Å²) in [5.41, 5.74) is -2.12. The van der Waals surface area contributed by atoms with Crippen molar-refractivity contribution < 1.29 is 28.9 Å². The van der Waals surface area contributed by atoms with E-state index in [-0.39, 0.29) is 25.3 Å². The SMILES string of the molecule is C=C1C(=O)N(Cc2ccc(OC)cc2)[C@@](COCc2ccccc2)(C(=O)OC)[C@]1(C)O. The fourth-order valence-corrected chi connectivity index (χ4v) is 3.82. The van der Waals surface area contributed by atoms with Crippen molar-refractivity contribution in [1.29, 1.82) is 0 Å². The molecule has 0 saturated carbocycles. The van der Waals surface area contributed by atoms with Crippen LogP contribution >= 0.6 is 0 Å². The molecule has 1 heterocycles. The van der Waals surface area contributed by atoms with Crippen molar-refractivity contribution >= 4 is 11.9 Å². The van der Waals surface area contributed by atoms with Gasteiger partial charge in [0.15, 0.2) is 5.54 Å². The van der Waals surface area contributed by atoms with Crippen LogP contribution in [0.1, 0.15) is 18.1 Å². The Morgan fingerprint density at radius 3 is 2.29 bits per heavy atom. The number of hydrogen-bond acceptors (Lipinski definition) is 6. The van der Waals surface area contributed by atoms with E-state index >= 15 is 0 Å². The number of carbonyl (C=O) groups is 2. The van der Waals surface area contributed by atoms with Crippen molar-refractivity contribution in [3.63, 3.8) is 0 Å². The van der Waals surface area contributed by atoms with Crippen LogP contribution in [0.5, 0.6) is 5.75 Å². The van der Waals surface area contributed by atoms with Gasteiger partial charge in [0.25, 0.3) is 5.91 Å². The molecule has 0 radical (unpaired) electrons. The van der Waals surface area contributed by atoms with E-state index in [4.69, 9.17) is 14.2 Å². The first-order valence-corrected chi connectivity index (χ1v) is 9.84. The molecule has 1 aliphatic rings. The predicted octanol–water partition coefficient (Wildman–Crippen LogP) is 2.47. The molecule has 1 aliphatic heterocycles. The number of hydrogen-bond donors (Lipinski definition) is 1. The lowest BCUT2D eigenvalue weighted by Crippen LogP contribution is -2.65. The summed E-state index contributed by atoms with van der Waals surface area (Å²) in [4.78, 5) is 27.5. The second-order valence-electron chi connectivity index (χ2n) is 7.62.